The third-order valence-electron chi connectivity index (χ3n) is 2.81. The fraction of sp³-hybridized carbons (Fsp3) is 0.333. The van der Waals surface area contributed by atoms with E-state index in [0.717, 1.165) is 17.7 Å². The summed E-state index contributed by atoms with van der Waals surface area (Å²) in [6.07, 6.45) is 1.73. The Balaban J connectivity index is 2.41. The molecule has 0 saturated heterocycles. The number of sulfone groups is 1. The molecule has 17 heavy (non-hydrogen) atoms. The minimum Gasteiger partial charge on any atom is -0.326 e. The standard InChI is InChI=1S/C12H16N2O2S/c1-2-14-8-11-6-10-4-3-9(7-13)5-12(10)17(11,15)16/h3-6,14H,2,7-8,13H2,1H3. The van der Waals surface area contributed by atoms with Gasteiger partial charge in [0.2, 0.25) is 9.84 Å². The lowest BCUT2D eigenvalue weighted by Gasteiger charge is -2.05. The molecule has 1 heterocycles. The summed E-state index contributed by atoms with van der Waals surface area (Å²) >= 11 is 0. The zero-order valence-electron chi connectivity index (χ0n) is 9.73. The highest BCUT2D eigenvalue weighted by Crippen LogP contribution is 2.32. The highest BCUT2D eigenvalue weighted by atomic mass is 32.2. The summed E-state index contributed by atoms with van der Waals surface area (Å²) in [4.78, 5) is 0.817. The van der Waals surface area contributed by atoms with Crippen LogP contribution in [-0.4, -0.2) is 21.5 Å². The normalized spacial score (nSPS) is 16.7. The quantitative estimate of drug-likeness (QED) is 0.834. The van der Waals surface area contributed by atoms with Crippen molar-refractivity contribution in [1.29, 1.82) is 0 Å². The summed E-state index contributed by atoms with van der Waals surface area (Å²) in [5.41, 5.74) is 7.12. The van der Waals surface area contributed by atoms with E-state index < -0.39 is 9.84 Å². The molecular weight excluding hydrogens is 236 g/mol. The topological polar surface area (TPSA) is 72.2 Å². The van der Waals surface area contributed by atoms with E-state index in [1.54, 1.807) is 12.1 Å². The van der Waals surface area contributed by atoms with Crippen molar-refractivity contribution in [3.05, 3.63) is 34.2 Å². The number of fused-ring (bicyclic) bond motifs is 1. The fourth-order valence-electron chi connectivity index (χ4n) is 1.84. The maximum Gasteiger partial charge on any atom is 0.204 e. The van der Waals surface area contributed by atoms with E-state index in [-0.39, 0.29) is 0 Å². The van der Waals surface area contributed by atoms with Crippen LogP contribution in [0.3, 0.4) is 0 Å². The summed E-state index contributed by atoms with van der Waals surface area (Å²) in [6, 6.07) is 5.34. The van der Waals surface area contributed by atoms with E-state index in [0.29, 0.717) is 22.9 Å². The van der Waals surface area contributed by atoms with Crippen LogP contribution >= 0.6 is 0 Å². The largest absolute Gasteiger partial charge is 0.326 e. The van der Waals surface area contributed by atoms with Gasteiger partial charge in [-0.1, -0.05) is 19.1 Å². The molecule has 4 nitrogen and oxygen atoms in total. The highest BCUT2D eigenvalue weighted by molar-refractivity contribution is 7.95. The Bertz CT molecular complexity index is 562. The van der Waals surface area contributed by atoms with Crippen LogP contribution < -0.4 is 11.1 Å². The first-order valence-corrected chi connectivity index (χ1v) is 7.07. The monoisotopic (exact) mass is 252 g/mol. The van der Waals surface area contributed by atoms with Crippen molar-refractivity contribution in [2.75, 3.05) is 13.1 Å². The summed E-state index contributed by atoms with van der Waals surface area (Å²) in [5, 5.41) is 3.04. The first-order valence-electron chi connectivity index (χ1n) is 5.59. The van der Waals surface area contributed by atoms with Crippen LogP contribution in [0.4, 0.5) is 0 Å². The van der Waals surface area contributed by atoms with Crippen LogP contribution in [-0.2, 0) is 16.4 Å². The molecule has 0 saturated carbocycles. The van der Waals surface area contributed by atoms with Gasteiger partial charge in [-0.3, -0.25) is 0 Å². The molecule has 0 bridgehead atoms. The van der Waals surface area contributed by atoms with Gasteiger partial charge in [-0.25, -0.2) is 8.42 Å². The van der Waals surface area contributed by atoms with E-state index in [1.807, 2.05) is 19.1 Å². The zero-order chi connectivity index (χ0) is 12.5. The highest BCUT2D eigenvalue weighted by Gasteiger charge is 2.28. The Hall–Kier alpha value is -1.17. The first-order chi connectivity index (χ1) is 8.09. The number of benzene rings is 1. The lowest BCUT2D eigenvalue weighted by molar-refractivity contribution is 0.600. The Kier molecular flexibility index (Phi) is 3.33. The lowest BCUT2D eigenvalue weighted by Crippen LogP contribution is -2.19. The number of nitrogens with one attached hydrogen (secondary N) is 1. The summed E-state index contributed by atoms with van der Waals surface area (Å²) < 4.78 is 24.4. The first kappa shape index (κ1) is 12.3. The molecule has 0 atom stereocenters. The number of rotatable bonds is 4. The average Bonchev–Trinajstić information content (AvgIpc) is 2.58. The molecule has 92 valence electrons. The Morgan fingerprint density at radius 3 is 2.76 bits per heavy atom. The van der Waals surface area contributed by atoms with Crippen LogP contribution in [0.25, 0.3) is 6.08 Å². The Morgan fingerprint density at radius 2 is 2.12 bits per heavy atom. The van der Waals surface area contributed by atoms with Crippen molar-refractivity contribution in [2.45, 2.75) is 18.4 Å². The van der Waals surface area contributed by atoms with Gasteiger partial charge in [0.1, 0.15) is 0 Å². The van der Waals surface area contributed by atoms with Crippen LogP contribution in [0.5, 0.6) is 0 Å². The van der Waals surface area contributed by atoms with Crippen molar-refractivity contribution in [3.8, 4) is 0 Å². The van der Waals surface area contributed by atoms with Crippen LogP contribution in [0.2, 0.25) is 0 Å². The molecule has 0 aromatic heterocycles. The maximum atomic E-state index is 12.2. The van der Waals surface area contributed by atoms with E-state index in [2.05, 4.69) is 5.32 Å². The molecule has 0 aliphatic carbocycles. The number of hydrogen-bond acceptors (Lipinski definition) is 4. The zero-order valence-corrected chi connectivity index (χ0v) is 10.5. The van der Waals surface area contributed by atoms with Gasteiger partial charge < -0.3 is 11.1 Å². The van der Waals surface area contributed by atoms with Gasteiger partial charge >= 0.3 is 0 Å². The fourth-order valence-corrected chi connectivity index (χ4v) is 3.44. The smallest absolute Gasteiger partial charge is 0.204 e. The van der Waals surface area contributed by atoms with Crippen LogP contribution in [0.1, 0.15) is 18.1 Å². The third kappa shape index (κ3) is 2.13. The van der Waals surface area contributed by atoms with Crippen LogP contribution in [0, 0.1) is 0 Å². The second-order valence-electron chi connectivity index (χ2n) is 3.97. The van der Waals surface area contributed by atoms with Gasteiger partial charge in [-0.05, 0) is 29.8 Å². The van der Waals surface area contributed by atoms with Crippen molar-refractivity contribution < 1.29 is 8.42 Å². The van der Waals surface area contributed by atoms with Crippen molar-refractivity contribution in [3.63, 3.8) is 0 Å². The third-order valence-corrected chi connectivity index (χ3v) is 4.70. The van der Waals surface area contributed by atoms with Crippen LogP contribution in [0.15, 0.2) is 28.0 Å². The second-order valence-corrected chi connectivity index (χ2v) is 5.94. The summed E-state index contributed by atoms with van der Waals surface area (Å²) in [5.74, 6) is 0. The van der Waals surface area contributed by atoms with Crippen molar-refractivity contribution in [1.82, 2.24) is 5.32 Å². The van der Waals surface area contributed by atoms with Gasteiger partial charge in [0.25, 0.3) is 0 Å². The molecule has 5 heteroatoms. The van der Waals surface area contributed by atoms with E-state index in [1.165, 1.54) is 0 Å². The lowest BCUT2D eigenvalue weighted by atomic mass is 10.1. The van der Waals surface area contributed by atoms with E-state index >= 15 is 0 Å². The predicted octanol–water partition coefficient (Wildman–Crippen LogP) is 0.883. The number of nitrogens with two attached hydrogens (primary N) is 1. The van der Waals surface area contributed by atoms with E-state index in [9.17, 15) is 8.42 Å². The Labute approximate surface area is 101 Å². The van der Waals surface area contributed by atoms with E-state index in [4.69, 9.17) is 5.73 Å². The van der Waals surface area contributed by atoms with Crippen molar-refractivity contribution >= 4 is 15.9 Å². The molecule has 1 aromatic rings. The van der Waals surface area contributed by atoms with Gasteiger partial charge in [0.05, 0.1) is 9.80 Å². The minimum absolute atomic E-state index is 0.353. The van der Waals surface area contributed by atoms with Gasteiger partial charge in [0.15, 0.2) is 0 Å². The SMILES string of the molecule is CCNCC1=Cc2ccc(CN)cc2S1(=O)=O. The molecule has 1 aliphatic rings. The molecule has 0 spiro atoms. The molecule has 0 amide bonds. The van der Waals surface area contributed by atoms with Crippen molar-refractivity contribution in [2.24, 2.45) is 5.73 Å². The molecule has 0 fully saturated rings. The summed E-state index contributed by atoms with van der Waals surface area (Å²) in [6.45, 7) is 3.43. The summed E-state index contributed by atoms with van der Waals surface area (Å²) in [7, 11) is -3.31. The molecule has 1 aromatic carbocycles. The Morgan fingerprint density at radius 1 is 1.35 bits per heavy atom. The van der Waals surface area contributed by atoms with Gasteiger partial charge in [0, 0.05) is 13.1 Å². The molecule has 3 N–H and O–H groups in total. The molecule has 2 rings (SSSR count). The van der Waals surface area contributed by atoms with Gasteiger partial charge in [-0.2, -0.15) is 0 Å². The average molecular weight is 252 g/mol. The predicted molar refractivity (Wildman–Crippen MR) is 68.0 cm³/mol. The molecular formula is C12H16N2O2S. The maximum absolute atomic E-state index is 12.2. The number of likely N-dealkylation sites (N-methyl/N-ethyl adjacent to an activating group) is 1. The minimum atomic E-state index is -3.31. The molecule has 1 aliphatic heterocycles. The molecule has 0 radical (unpaired) electrons. The number of hydrogen-bond donors (Lipinski definition) is 2. The second kappa shape index (κ2) is 4.60. The van der Waals surface area contributed by atoms with Gasteiger partial charge in [-0.15, -0.1) is 0 Å². The molecule has 0 unspecified atom stereocenters.